The lowest BCUT2D eigenvalue weighted by Crippen LogP contribution is -1.99. The lowest BCUT2D eigenvalue weighted by molar-refractivity contribution is 0.349. The highest BCUT2D eigenvalue weighted by Crippen LogP contribution is 2.39. The zero-order chi connectivity index (χ0) is 14.7. The van der Waals surface area contributed by atoms with Crippen LogP contribution in [0.15, 0.2) is 22.8 Å². The number of aromatic nitrogens is 2. The van der Waals surface area contributed by atoms with Crippen LogP contribution in [0.25, 0.3) is 11.4 Å². The van der Waals surface area contributed by atoms with E-state index in [4.69, 9.17) is 19.9 Å². The Morgan fingerprint density at radius 2 is 1.60 bits per heavy atom. The topological polar surface area (TPSA) is 79.5 Å². The van der Waals surface area contributed by atoms with E-state index in [-0.39, 0.29) is 0 Å². The fraction of sp³-hybridized carbons (Fsp3) is 0.231. The molecule has 2 N–H and O–H groups in total. The molecule has 1 aromatic heterocycles. The zero-order valence-electron chi connectivity index (χ0n) is 11.3. The molecule has 106 valence electrons. The van der Waals surface area contributed by atoms with Gasteiger partial charge in [-0.05, 0) is 22.0 Å². The summed E-state index contributed by atoms with van der Waals surface area (Å²) in [6.07, 6.45) is 1.59. The molecule has 7 heteroatoms. The van der Waals surface area contributed by atoms with Crippen molar-refractivity contribution in [3.8, 4) is 28.6 Å². The highest BCUT2D eigenvalue weighted by molar-refractivity contribution is 9.10. The van der Waals surface area contributed by atoms with Crippen molar-refractivity contribution in [3.63, 3.8) is 0 Å². The number of ether oxygens (including phenoxy) is 3. The molecular formula is C13H14BrN3O3. The number of nitrogens with two attached hydrogens (primary N) is 1. The monoisotopic (exact) mass is 339 g/mol. The van der Waals surface area contributed by atoms with Gasteiger partial charge in [0, 0.05) is 12.3 Å². The van der Waals surface area contributed by atoms with E-state index in [1.54, 1.807) is 39.7 Å². The van der Waals surface area contributed by atoms with Crippen LogP contribution < -0.4 is 19.9 Å². The molecule has 1 heterocycles. The van der Waals surface area contributed by atoms with Gasteiger partial charge in [0.05, 0.1) is 31.4 Å². The Kier molecular flexibility index (Phi) is 4.29. The number of rotatable bonds is 4. The number of nitrogens with zero attached hydrogens (tertiary/aromatic N) is 2. The summed E-state index contributed by atoms with van der Waals surface area (Å²) in [7, 11) is 4.68. The highest BCUT2D eigenvalue weighted by Gasteiger charge is 2.16. The van der Waals surface area contributed by atoms with Crippen molar-refractivity contribution in [2.24, 2.45) is 0 Å². The molecule has 0 unspecified atom stereocenters. The Bertz CT molecular complexity index is 634. The van der Waals surface area contributed by atoms with Gasteiger partial charge in [-0.15, -0.1) is 0 Å². The minimum absolute atomic E-state index is 0.354. The predicted molar refractivity (Wildman–Crippen MR) is 79.2 cm³/mol. The molecule has 0 amide bonds. The van der Waals surface area contributed by atoms with Gasteiger partial charge >= 0.3 is 0 Å². The van der Waals surface area contributed by atoms with E-state index in [1.807, 2.05) is 0 Å². The van der Waals surface area contributed by atoms with Gasteiger partial charge in [-0.1, -0.05) is 0 Å². The van der Waals surface area contributed by atoms with Crippen LogP contribution in [0.3, 0.4) is 0 Å². The molecule has 2 aromatic rings. The first-order chi connectivity index (χ1) is 9.60. The van der Waals surface area contributed by atoms with Crippen molar-refractivity contribution in [2.75, 3.05) is 27.1 Å². The molecule has 0 aliphatic carbocycles. The van der Waals surface area contributed by atoms with Crippen LogP contribution in [0, 0.1) is 0 Å². The maximum absolute atomic E-state index is 5.78. The lowest BCUT2D eigenvalue weighted by Gasteiger charge is -2.13. The van der Waals surface area contributed by atoms with Crippen LogP contribution in [-0.2, 0) is 0 Å². The average molecular weight is 340 g/mol. The molecule has 0 aliphatic heterocycles. The second-order valence-corrected chi connectivity index (χ2v) is 4.69. The van der Waals surface area contributed by atoms with Gasteiger partial charge in [-0.25, -0.2) is 9.97 Å². The Morgan fingerprint density at radius 1 is 1.00 bits per heavy atom. The summed E-state index contributed by atoms with van der Waals surface area (Å²) in [5, 5.41) is 0. The molecule has 6 nitrogen and oxygen atoms in total. The van der Waals surface area contributed by atoms with Crippen molar-refractivity contribution in [2.45, 2.75) is 0 Å². The van der Waals surface area contributed by atoms with Gasteiger partial charge < -0.3 is 19.9 Å². The average Bonchev–Trinajstić information content (AvgIpc) is 2.48. The highest BCUT2D eigenvalue weighted by atomic mass is 79.9. The van der Waals surface area contributed by atoms with Crippen molar-refractivity contribution < 1.29 is 14.2 Å². The third-order valence-corrected chi connectivity index (χ3v) is 3.33. The number of hydrogen-bond donors (Lipinski definition) is 1. The summed E-state index contributed by atoms with van der Waals surface area (Å²) >= 11 is 3.26. The number of nitrogen functional groups attached to an aromatic ring is 1. The van der Waals surface area contributed by atoms with Gasteiger partial charge in [0.1, 0.15) is 11.6 Å². The minimum Gasteiger partial charge on any atom is -0.496 e. The molecule has 0 saturated heterocycles. The first-order valence-electron chi connectivity index (χ1n) is 5.69. The van der Waals surface area contributed by atoms with Gasteiger partial charge in [0.15, 0.2) is 17.3 Å². The van der Waals surface area contributed by atoms with Crippen LogP contribution in [0.5, 0.6) is 17.2 Å². The van der Waals surface area contributed by atoms with E-state index in [2.05, 4.69) is 25.9 Å². The van der Waals surface area contributed by atoms with Gasteiger partial charge in [0.2, 0.25) is 0 Å². The maximum atomic E-state index is 5.78. The molecule has 0 saturated carbocycles. The Hall–Kier alpha value is -2.02. The van der Waals surface area contributed by atoms with Crippen molar-refractivity contribution in [3.05, 3.63) is 22.8 Å². The Labute approximate surface area is 125 Å². The van der Waals surface area contributed by atoms with Crippen molar-refractivity contribution >= 4 is 21.7 Å². The Balaban J connectivity index is 2.62. The summed E-state index contributed by atoms with van der Waals surface area (Å²) in [5.74, 6) is 2.51. The SMILES string of the molecule is COc1cc(OC)c(-c2ncc(Br)c(N)n2)cc1OC. The van der Waals surface area contributed by atoms with Crippen molar-refractivity contribution in [1.29, 1.82) is 0 Å². The third-order valence-electron chi connectivity index (χ3n) is 2.72. The maximum Gasteiger partial charge on any atom is 0.165 e. The lowest BCUT2D eigenvalue weighted by atomic mass is 10.1. The minimum atomic E-state index is 0.354. The zero-order valence-corrected chi connectivity index (χ0v) is 12.9. The summed E-state index contributed by atoms with van der Waals surface area (Å²) in [6.45, 7) is 0. The molecule has 20 heavy (non-hydrogen) atoms. The fourth-order valence-corrected chi connectivity index (χ4v) is 1.91. The van der Waals surface area contributed by atoms with Gasteiger partial charge in [-0.2, -0.15) is 0 Å². The largest absolute Gasteiger partial charge is 0.496 e. The van der Waals surface area contributed by atoms with Gasteiger partial charge in [-0.3, -0.25) is 0 Å². The van der Waals surface area contributed by atoms with Crippen LogP contribution >= 0.6 is 15.9 Å². The summed E-state index contributed by atoms with van der Waals surface area (Å²) in [5.41, 5.74) is 6.45. The standard InChI is InChI=1S/C13H14BrN3O3/c1-18-9-5-11(20-3)10(19-2)4-7(9)13-16-6-8(14)12(15)17-13/h4-6H,1-3H3,(H2,15,16,17). The van der Waals surface area contributed by atoms with Gasteiger partial charge in [0.25, 0.3) is 0 Å². The number of methoxy groups -OCH3 is 3. The first kappa shape index (κ1) is 14.4. The quantitative estimate of drug-likeness (QED) is 0.921. The molecular weight excluding hydrogens is 326 g/mol. The van der Waals surface area contributed by atoms with E-state index >= 15 is 0 Å². The number of anilines is 1. The molecule has 0 radical (unpaired) electrons. The summed E-state index contributed by atoms with van der Waals surface area (Å²) in [6, 6.07) is 3.47. The molecule has 0 aliphatic rings. The van der Waals surface area contributed by atoms with Crippen LogP contribution in [-0.4, -0.2) is 31.3 Å². The third kappa shape index (κ3) is 2.62. The number of benzene rings is 1. The second kappa shape index (κ2) is 5.96. The number of halogens is 1. The Morgan fingerprint density at radius 3 is 2.15 bits per heavy atom. The van der Waals surface area contributed by atoms with E-state index in [9.17, 15) is 0 Å². The van der Waals surface area contributed by atoms with Crippen LogP contribution in [0.4, 0.5) is 5.82 Å². The van der Waals surface area contributed by atoms with Crippen LogP contribution in [0.2, 0.25) is 0 Å². The molecule has 0 fully saturated rings. The van der Waals surface area contributed by atoms with Crippen LogP contribution in [0.1, 0.15) is 0 Å². The number of hydrogen-bond acceptors (Lipinski definition) is 6. The molecule has 0 bridgehead atoms. The molecule has 0 spiro atoms. The second-order valence-electron chi connectivity index (χ2n) is 3.83. The van der Waals surface area contributed by atoms with Crippen molar-refractivity contribution in [1.82, 2.24) is 9.97 Å². The normalized spacial score (nSPS) is 10.2. The molecule has 0 atom stereocenters. The van der Waals surface area contributed by atoms with E-state index in [1.165, 1.54) is 0 Å². The summed E-state index contributed by atoms with van der Waals surface area (Å²) < 4.78 is 16.5. The van der Waals surface area contributed by atoms with E-state index in [0.29, 0.717) is 38.9 Å². The van der Waals surface area contributed by atoms with E-state index in [0.717, 1.165) is 0 Å². The summed E-state index contributed by atoms with van der Waals surface area (Å²) in [4.78, 5) is 8.46. The molecule has 2 rings (SSSR count). The van der Waals surface area contributed by atoms with E-state index < -0.39 is 0 Å². The fourth-order valence-electron chi connectivity index (χ4n) is 1.71. The first-order valence-corrected chi connectivity index (χ1v) is 6.48. The predicted octanol–water partition coefficient (Wildman–Crippen LogP) is 2.51. The smallest absolute Gasteiger partial charge is 0.165 e. The molecule has 1 aromatic carbocycles.